The molecule has 0 spiro atoms. The Kier molecular flexibility index (Phi) is 6.53. The van der Waals surface area contributed by atoms with Gasteiger partial charge in [-0.2, -0.15) is 13.2 Å². The zero-order valence-corrected chi connectivity index (χ0v) is 16.3. The number of hydrogen-bond acceptors (Lipinski definition) is 5. The van der Waals surface area contributed by atoms with Crippen molar-refractivity contribution in [1.29, 1.82) is 0 Å². The van der Waals surface area contributed by atoms with Gasteiger partial charge in [-0.25, -0.2) is 0 Å². The molecule has 1 N–H and O–H groups in total. The molecule has 1 amide bonds. The van der Waals surface area contributed by atoms with Crippen LogP contribution in [0, 0.1) is 0 Å². The van der Waals surface area contributed by atoms with Crippen molar-refractivity contribution in [2.75, 3.05) is 11.1 Å². The normalized spacial score (nSPS) is 11.4. The van der Waals surface area contributed by atoms with E-state index >= 15 is 0 Å². The molecule has 2 aromatic heterocycles. The number of aromatic nitrogens is 4. The maximum atomic E-state index is 12.9. The van der Waals surface area contributed by atoms with Crippen LogP contribution in [0.3, 0.4) is 0 Å². The minimum absolute atomic E-state index is 0.147. The van der Waals surface area contributed by atoms with Gasteiger partial charge in [0.1, 0.15) is 5.82 Å². The molecule has 0 fully saturated rings. The van der Waals surface area contributed by atoms with Crippen LogP contribution in [0.4, 0.5) is 18.9 Å². The van der Waals surface area contributed by atoms with Gasteiger partial charge in [0.15, 0.2) is 5.82 Å². The fraction of sp³-hybridized carbons (Fsp3) is 0.263. The van der Waals surface area contributed by atoms with Crippen molar-refractivity contribution in [3.8, 4) is 11.4 Å². The predicted octanol–water partition coefficient (Wildman–Crippen LogP) is 4.25. The van der Waals surface area contributed by atoms with Gasteiger partial charge >= 0.3 is 6.18 Å². The fourth-order valence-electron chi connectivity index (χ4n) is 2.66. The second kappa shape index (κ2) is 9.08. The minimum atomic E-state index is -4.48. The molecule has 0 unspecified atom stereocenters. The molecule has 0 saturated heterocycles. The first-order valence-corrected chi connectivity index (χ1v) is 9.91. The Morgan fingerprint density at radius 1 is 1.17 bits per heavy atom. The van der Waals surface area contributed by atoms with E-state index in [4.69, 9.17) is 0 Å². The lowest BCUT2D eigenvalue weighted by Gasteiger charge is -2.10. The van der Waals surface area contributed by atoms with E-state index in [-0.39, 0.29) is 17.2 Å². The molecule has 3 rings (SSSR count). The van der Waals surface area contributed by atoms with Gasteiger partial charge in [-0.1, -0.05) is 18.2 Å². The highest BCUT2D eigenvalue weighted by Gasteiger charge is 2.31. The number of anilines is 1. The second-order valence-corrected chi connectivity index (χ2v) is 7.04. The number of amides is 1. The molecule has 10 heteroatoms. The van der Waals surface area contributed by atoms with E-state index in [9.17, 15) is 18.0 Å². The number of para-hydroxylation sites is 1. The van der Waals surface area contributed by atoms with Crippen molar-refractivity contribution in [1.82, 2.24) is 19.7 Å². The van der Waals surface area contributed by atoms with E-state index in [0.717, 1.165) is 12.3 Å². The summed E-state index contributed by atoms with van der Waals surface area (Å²) in [5, 5.41) is 10.9. The molecule has 29 heavy (non-hydrogen) atoms. The lowest BCUT2D eigenvalue weighted by molar-refractivity contribution is -0.137. The lowest BCUT2D eigenvalue weighted by Crippen LogP contribution is -2.14. The summed E-state index contributed by atoms with van der Waals surface area (Å²) in [6.45, 7) is 2.33. The molecule has 2 heterocycles. The lowest BCUT2D eigenvalue weighted by atomic mass is 10.2. The Morgan fingerprint density at radius 2 is 1.93 bits per heavy atom. The number of alkyl halides is 3. The maximum absolute atomic E-state index is 12.9. The smallest absolute Gasteiger partial charge is 0.325 e. The highest BCUT2D eigenvalue weighted by molar-refractivity contribution is 7.99. The fourth-order valence-corrected chi connectivity index (χ4v) is 3.41. The predicted molar refractivity (Wildman–Crippen MR) is 105 cm³/mol. The minimum Gasteiger partial charge on any atom is -0.325 e. The van der Waals surface area contributed by atoms with Gasteiger partial charge in [0.25, 0.3) is 0 Å². The zero-order chi connectivity index (χ0) is 20.9. The first-order valence-electron chi connectivity index (χ1n) is 8.76. The third-order valence-electron chi connectivity index (χ3n) is 3.99. The van der Waals surface area contributed by atoms with Crippen LogP contribution in [0.2, 0.25) is 0 Å². The largest absolute Gasteiger partial charge is 0.417 e. The number of benzene rings is 1. The molecule has 0 aliphatic rings. The van der Waals surface area contributed by atoms with E-state index in [2.05, 4.69) is 20.5 Å². The van der Waals surface area contributed by atoms with Crippen LogP contribution in [0.5, 0.6) is 0 Å². The monoisotopic (exact) mass is 421 g/mol. The molecule has 0 bridgehead atoms. The van der Waals surface area contributed by atoms with Gasteiger partial charge in [-0.15, -0.1) is 22.0 Å². The highest BCUT2D eigenvalue weighted by Crippen LogP contribution is 2.31. The number of thioether (sulfide) groups is 1. The van der Waals surface area contributed by atoms with Crippen molar-refractivity contribution >= 4 is 23.4 Å². The zero-order valence-electron chi connectivity index (χ0n) is 15.5. The van der Waals surface area contributed by atoms with Crippen LogP contribution in [-0.4, -0.2) is 31.4 Å². The van der Waals surface area contributed by atoms with Gasteiger partial charge in [0.05, 0.1) is 17.1 Å². The SMILES string of the molecule is CCn1c(CSCC(=O)Nc2ccccc2)nnc1-c1cncc(C(F)(F)F)c1. The average molecular weight is 421 g/mol. The summed E-state index contributed by atoms with van der Waals surface area (Å²) in [6.07, 6.45) is -2.38. The number of carbonyl (C=O) groups is 1. The summed E-state index contributed by atoms with van der Waals surface area (Å²) < 4.78 is 40.6. The third-order valence-corrected chi connectivity index (χ3v) is 4.92. The van der Waals surface area contributed by atoms with Gasteiger partial charge in [-0.3, -0.25) is 9.78 Å². The Bertz CT molecular complexity index is 975. The summed E-state index contributed by atoms with van der Waals surface area (Å²) >= 11 is 1.35. The van der Waals surface area contributed by atoms with Crippen LogP contribution >= 0.6 is 11.8 Å². The van der Waals surface area contributed by atoms with E-state index in [0.29, 0.717) is 29.6 Å². The van der Waals surface area contributed by atoms with Crippen LogP contribution < -0.4 is 5.32 Å². The molecule has 6 nitrogen and oxygen atoms in total. The van der Waals surface area contributed by atoms with Crippen molar-refractivity contribution in [3.05, 3.63) is 60.2 Å². The molecule has 152 valence electrons. The summed E-state index contributed by atoms with van der Waals surface area (Å²) in [7, 11) is 0. The summed E-state index contributed by atoms with van der Waals surface area (Å²) in [6, 6.07) is 10.1. The van der Waals surface area contributed by atoms with E-state index < -0.39 is 11.7 Å². The summed E-state index contributed by atoms with van der Waals surface area (Å²) in [5.74, 6) is 1.36. The Labute approximate surface area is 169 Å². The first-order chi connectivity index (χ1) is 13.9. The molecule has 0 radical (unpaired) electrons. The Hall–Kier alpha value is -2.88. The van der Waals surface area contributed by atoms with Gasteiger partial charge in [-0.05, 0) is 25.1 Å². The third kappa shape index (κ3) is 5.35. The quantitative estimate of drug-likeness (QED) is 0.618. The number of nitrogens with zero attached hydrogens (tertiary/aromatic N) is 4. The topological polar surface area (TPSA) is 72.7 Å². The number of pyridine rings is 1. The van der Waals surface area contributed by atoms with Gasteiger partial charge < -0.3 is 9.88 Å². The Balaban J connectivity index is 1.66. The van der Waals surface area contributed by atoms with E-state index in [1.54, 1.807) is 16.7 Å². The van der Waals surface area contributed by atoms with Crippen LogP contribution in [0.15, 0.2) is 48.8 Å². The Morgan fingerprint density at radius 3 is 2.62 bits per heavy atom. The number of hydrogen-bond donors (Lipinski definition) is 1. The standard InChI is InChI=1S/C19H18F3N5OS/c1-2-27-16(11-29-12-17(28)24-15-6-4-3-5-7-15)25-26-18(27)13-8-14(10-23-9-13)19(20,21)22/h3-10H,2,11-12H2,1H3,(H,24,28). The molecular weight excluding hydrogens is 403 g/mol. The summed E-state index contributed by atoms with van der Waals surface area (Å²) in [4.78, 5) is 15.7. The number of rotatable bonds is 7. The molecule has 3 aromatic rings. The van der Waals surface area contributed by atoms with Crippen molar-refractivity contribution in [3.63, 3.8) is 0 Å². The van der Waals surface area contributed by atoms with E-state index in [1.165, 1.54) is 18.0 Å². The van der Waals surface area contributed by atoms with Crippen molar-refractivity contribution in [2.24, 2.45) is 0 Å². The number of carbonyl (C=O) groups excluding carboxylic acids is 1. The maximum Gasteiger partial charge on any atom is 0.417 e. The first kappa shape index (κ1) is 20.8. The van der Waals surface area contributed by atoms with Crippen LogP contribution in [0.1, 0.15) is 18.3 Å². The molecular formula is C19H18F3N5OS. The second-order valence-electron chi connectivity index (χ2n) is 6.05. The molecule has 0 aliphatic carbocycles. The average Bonchev–Trinajstić information content (AvgIpc) is 3.11. The van der Waals surface area contributed by atoms with Crippen LogP contribution in [0.25, 0.3) is 11.4 Å². The number of nitrogens with one attached hydrogen (secondary N) is 1. The molecule has 1 aromatic carbocycles. The molecule has 0 saturated carbocycles. The van der Waals surface area contributed by atoms with E-state index in [1.807, 2.05) is 25.1 Å². The summed E-state index contributed by atoms with van der Waals surface area (Å²) in [5.41, 5.74) is 0.121. The van der Waals surface area contributed by atoms with Gasteiger partial charge in [0, 0.05) is 30.2 Å². The van der Waals surface area contributed by atoms with Crippen molar-refractivity contribution < 1.29 is 18.0 Å². The highest BCUT2D eigenvalue weighted by atomic mass is 32.2. The van der Waals surface area contributed by atoms with Crippen LogP contribution in [-0.2, 0) is 23.3 Å². The number of halogens is 3. The molecule has 0 atom stereocenters. The van der Waals surface area contributed by atoms with Gasteiger partial charge in [0.2, 0.25) is 5.91 Å². The molecule has 0 aliphatic heterocycles. The van der Waals surface area contributed by atoms with Crippen molar-refractivity contribution in [2.45, 2.75) is 25.4 Å².